The smallest absolute Gasteiger partial charge is 0.303 e. The second-order valence-electron chi connectivity index (χ2n) is 12.7. The molecule has 3 aromatic carbocycles. The molecule has 2 fully saturated rings. The summed E-state index contributed by atoms with van der Waals surface area (Å²) in [6, 6.07) is 20.6. The van der Waals surface area contributed by atoms with Crippen molar-refractivity contribution in [3.05, 3.63) is 90.0 Å². The molecule has 2 heterocycles. The van der Waals surface area contributed by atoms with Crippen molar-refractivity contribution in [2.75, 3.05) is 13.2 Å². The number of rotatable bonds is 14. The Balaban J connectivity index is 1.43. The molecule has 0 radical (unpaired) electrons. The highest BCUT2D eigenvalue weighted by Crippen LogP contribution is 2.39. The second-order valence-corrected chi connectivity index (χ2v) is 17.2. The first-order valence-electron chi connectivity index (χ1n) is 16.8. The Morgan fingerprint density at radius 2 is 1.20 bits per heavy atom. The van der Waals surface area contributed by atoms with E-state index in [1.165, 1.54) is 24.3 Å². The molecule has 0 saturated carbocycles. The Morgan fingerprint density at radius 3 is 1.70 bits per heavy atom. The van der Waals surface area contributed by atoms with Crippen LogP contribution in [0.4, 0.5) is 0 Å². The molecule has 54 heavy (non-hydrogen) atoms. The summed E-state index contributed by atoms with van der Waals surface area (Å²) in [7, 11) is -8.66. The lowest BCUT2D eigenvalue weighted by Crippen LogP contribution is -2.62. The first kappa shape index (κ1) is 41.7. The Morgan fingerprint density at radius 1 is 0.722 bits per heavy atom. The van der Waals surface area contributed by atoms with Gasteiger partial charge in [0.05, 0.1) is 28.3 Å². The van der Waals surface area contributed by atoms with E-state index in [0.29, 0.717) is 4.90 Å². The minimum absolute atomic E-state index is 0.133. The lowest BCUT2D eigenvalue weighted by Gasteiger charge is -2.46. The molecule has 5 rings (SSSR count). The largest absolute Gasteiger partial charge is 0.457 e. The van der Waals surface area contributed by atoms with Gasteiger partial charge in [-0.25, -0.2) is 0 Å². The zero-order valence-electron chi connectivity index (χ0n) is 29.7. The number of aliphatic hydroxyl groups is 2. The van der Waals surface area contributed by atoms with E-state index in [2.05, 4.69) is 0 Å². The average molecular weight is 811 g/mol. The van der Waals surface area contributed by atoms with Crippen molar-refractivity contribution in [3.8, 4) is 0 Å². The Labute approximate surface area is 318 Å². The van der Waals surface area contributed by atoms with Crippen LogP contribution in [0.1, 0.15) is 31.4 Å². The minimum atomic E-state index is -4.35. The number of carbonyl (C=O) groups excluding carboxylic acids is 2. The summed E-state index contributed by atoms with van der Waals surface area (Å²) in [6.45, 7) is 4.39. The van der Waals surface area contributed by atoms with Crippen LogP contribution in [0, 0.1) is 13.8 Å². The lowest BCUT2D eigenvalue weighted by atomic mass is 9.99. The third-order valence-electron chi connectivity index (χ3n) is 8.44. The molecule has 0 spiro atoms. The van der Waals surface area contributed by atoms with E-state index in [0.717, 1.165) is 36.7 Å². The normalized spacial score (nSPS) is 27.6. The first-order valence-corrected chi connectivity index (χ1v) is 20.5. The van der Waals surface area contributed by atoms with Gasteiger partial charge < -0.3 is 33.9 Å². The molecule has 0 bridgehead atoms. The van der Waals surface area contributed by atoms with Gasteiger partial charge in [-0.3, -0.25) is 18.0 Å². The van der Waals surface area contributed by atoms with Crippen LogP contribution in [0.25, 0.3) is 0 Å². The van der Waals surface area contributed by atoms with Gasteiger partial charge in [-0.05, 0) is 50.2 Å². The number of carbonyl (C=O) groups is 2. The summed E-state index contributed by atoms with van der Waals surface area (Å²) < 4.78 is 92.1. The van der Waals surface area contributed by atoms with Gasteiger partial charge in [-0.2, -0.15) is 16.8 Å². The molecule has 3 aromatic rings. The molecule has 2 N–H and O–H groups in total. The summed E-state index contributed by atoms with van der Waals surface area (Å²) in [6.07, 6.45) is -11.7. The number of hydrogen-bond donors (Lipinski definition) is 2. The van der Waals surface area contributed by atoms with Crippen LogP contribution in [0.3, 0.4) is 0 Å². The van der Waals surface area contributed by atoms with Gasteiger partial charge in [0.25, 0.3) is 20.2 Å². The fourth-order valence-corrected chi connectivity index (χ4v) is 8.81. The number of esters is 2. The maximum Gasteiger partial charge on any atom is 0.303 e. The number of ether oxygens (including phenoxy) is 5. The van der Waals surface area contributed by atoms with Crippen molar-refractivity contribution in [2.24, 2.45) is 0 Å². The molecule has 0 aliphatic carbocycles. The van der Waals surface area contributed by atoms with Gasteiger partial charge in [-0.15, -0.1) is 11.8 Å². The highest BCUT2D eigenvalue weighted by atomic mass is 32.2. The van der Waals surface area contributed by atoms with E-state index in [4.69, 9.17) is 32.1 Å². The Bertz CT molecular complexity index is 1940. The maximum absolute atomic E-state index is 13.1. The highest BCUT2D eigenvalue weighted by molar-refractivity contribution is 8.00. The molecule has 2 aliphatic heterocycles. The van der Waals surface area contributed by atoms with Crippen LogP contribution in [-0.2, 0) is 61.9 Å². The van der Waals surface area contributed by atoms with Crippen LogP contribution in [0.15, 0.2) is 93.5 Å². The summed E-state index contributed by atoms with van der Waals surface area (Å²) >= 11 is 1.10. The molecular formula is C36H42O15S3. The fraction of sp³-hybridized carbons (Fsp3) is 0.444. The van der Waals surface area contributed by atoms with E-state index in [-0.39, 0.29) is 16.2 Å². The third-order valence-corrected chi connectivity index (χ3v) is 12.3. The van der Waals surface area contributed by atoms with Gasteiger partial charge in [-0.1, -0.05) is 53.6 Å². The quantitative estimate of drug-likeness (QED) is 0.177. The standard InChI is InChI=1S/C36H42O15S3/c1-21-10-14-26(15-11-21)53(41,42)45-19-29-33(47-23(3)37)28(18-31(39)49-29)50-36-35(52-25-8-6-5-7-9-25)32(40)34(48-24(4)38)30(51-36)20-46-54(43,44)27-16-12-22(2)13-17-27/h5-17,28-36,39-40H,18-20H2,1-4H3/t28-,29-,30-,31+,32+,33+,34-,35-,36-/m1/s1. The second kappa shape index (κ2) is 18.0. The van der Waals surface area contributed by atoms with Gasteiger partial charge in [0, 0.05) is 25.2 Å². The van der Waals surface area contributed by atoms with Crippen LogP contribution in [0.2, 0.25) is 0 Å². The Hall–Kier alpha value is -3.43. The fourth-order valence-electron chi connectivity index (χ4n) is 5.81. The average Bonchev–Trinajstić information content (AvgIpc) is 3.11. The number of aliphatic hydroxyl groups excluding tert-OH is 2. The van der Waals surface area contributed by atoms with E-state index in [9.17, 15) is 36.6 Å². The van der Waals surface area contributed by atoms with Crippen molar-refractivity contribution in [1.29, 1.82) is 0 Å². The maximum atomic E-state index is 13.1. The molecule has 0 amide bonds. The Kier molecular flexibility index (Phi) is 13.9. The number of benzene rings is 3. The van der Waals surface area contributed by atoms with Gasteiger partial charge in [0.15, 0.2) is 24.8 Å². The minimum Gasteiger partial charge on any atom is -0.457 e. The van der Waals surface area contributed by atoms with Crippen molar-refractivity contribution in [1.82, 2.24) is 0 Å². The molecule has 15 nitrogen and oxygen atoms in total. The first-order chi connectivity index (χ1) is 25.5. The zero-order valence-corrected chi connectivity index (χ0v) is 32.2. The van der Waals surface area contributed by atoms with Gasteiger partial charge in [0.2, 0.25) is 0 Å². The molecule has 18 heteroatoms. The molecular weight excluding hydrogens is 769 g/mol. The molecule has 2 saturated heterocycles. The van der Waals surface area contributed by atoms with Crippen LogP contribution < -0.4 is 0 Å². The number of aryl methyl sites for hydroxylation is 2. The summed E-state index contributed by atoms with van der Waals surface area (Å²) in [5.74, 6) is -1.58. The monoisotopic (exact) mass is 810 g/mol. The third kappa shape index (κ3) is 10.9. The highest BCUT2D eigenvalue weighted by Gasteiger charge is 2.52. The van der Waals surface area contributed by atoms with E-state index in [1.54, 1.807) is 68.4 Å². The number of thioether (sulfide) groups is 1. The van der Waals surface area contributed by atoms with Gasteiger partial charge in [0.1, 0.15) is 24.4 Å². The molecule has 2 aliphatic rings. The SMILES string of the molecule is CC(=O)O[C@H]1[C@H](O[C@@H]2O[C@H](COS(=O)(=O)c3ccc(C)cc3)[C@@H](OC(C)=O)[C@H](O)[C@H]2Sc2ccccc2)C[C@@H](O)O[C@@H]1COS(=O)(=O)c1ccc(C)cc1. The van der Waals surface area contributed by atoms with Crippen LogP contribution >= 0.6 is 11.8 Å². The van der Waals surface area contributed by atoms with Gasteiger partial charge >= 0.3 is 11.9 Å². The van der Waals surface area contributed by atoms with Crippen molar-refractivity contribution in [2.45, 2.75) is 103 Å². The lowest BCUT2D eigenvalue weighted by molar-refractivity contribution is -0.308. The molecule has 0 unspecified atom stereocenters. The summed E-state index contributed by atoms with van der Waals surface area (Å²) in [5, 5.41) is 21.5. The summed E-state index contributed by atoms with van der Waals surface area (Å²) in [4.78, 5) is 25.0. The topological polar surface area (TPSA) is 207 Å². The van der Waals surface area contributed by atoms with Crippen LogP contribution in [0.5, 0.6) is 0 Å². The van der Waals surface area contributed by atoms with Crippen molar-refractivity contribution < 1.29 is 68.7 Å². The molecule has 9 atom stereocenters. The van der Waals surface area contributed by atoms with Crippen LogP contribution in [-0.4, -0.2) is 107 Å². The van der Waals surface area contributed by atoms with Crippen molar-refractivity contribution in [3.63, 3.8) is 0 Å². The summed E-state index contributed by atoms with van der Waals surface area (Å²) in [5.41, 5.74) is 1.64. The van der Waals surface area contributed by atoms with Crippen molar-refractivity contribution >= 4 is 43.9 Å². The molecule has 294 valence electrons. The van der Waals surface area contributed by atoms with E-state index < -0.39 is 99.8 Å². The number of hydrogen-bond acceptors (Lipinski definition) is 16. The van der Waals surface area contributed by atoms with E-state index in [1.807, 2.05) is 0 Å². The van der Waals surface area contributed by atoms with E-state index >= 15 is 0 Å². The predicted molar refractivity (Wildman–Crippen MR) is 191 cm³/mol. The molecule has 0 aromatic heterocycles. The zero-order chi connectivity index (χ0) is 39.2. The predicted octanol–water partition coefficient (Wildman–Crippen LogP) is 3.02.